The Hall–Kier alpha value is -1.21. The highest BCUT2D eigenvalue weighted by atomic mass is 16.8. The summed E-state index contributed by atoms with van der Waals surface area (Å²) in [6, 6.07) is -0.869. The zero-order valence-corrected chi connectivity index (χ0v) is 28.4. The van der Waals surface area contributed by atoms with Gasteiger partial charge in [-0.3, -0.25) is 4.79 Å². The predicted molar refractivity (Wildman–Crippen MR) is 167 cm³/mol. The Labute approximate surface area is 290 Å². The maximum absolute atomic E-state index is 12.5. The molecule has 3 saturated heterocycles. The quantitative estimate of drug-likeness (QED) is 0.0554. The fourth-order valence-corrected chi connectivity index (χ4v) is 6.05. The van der Waals surface area contributed by atoms with Gasteiger partial charge in [0.2, 0.25) is 5.91 Å². The first-order valence-corrected chi connectivity index (χ1v) is 17.3. The average Bonchev–Trinajstić information content (AvgIpc) is 3.11. The van der Waals surface area contributed by atoms with Crippen molar-refractivity contribution < 1.29 is 89.4 Å². The van der Waals surface area contributed by atoms with Crippen LogP contribution >= 0.6 is 0 Å². The lowest BCUT2D eigenvalue weighted by Gasteiger charge is -2.48. The second-order valence-corrected chi connectivity index (χ2v) is 13.0. The van der Waals surface area contributed by atoms with E-state index in [-0.39, 0.29) is 18.9 Å². The Bertz CT molecular complexity index is 978. The molecule has 294 valence electrons. The van der Waals surface area contributed by atoms with E-state index in [1.807, 2.05) is 13.8 Å². The molecule has 3 rings (SSSR count). The molecule has 12 N–H and O–H groups in total. The number of nitrogens with one attached hydrogen (secondary N) is 1. The van der Waals surface area contributed by atoms with Crippen molar-refractivity contribution in [1.29, 1.82) is 0 Å². The normalized spacial score (nSPS) is 40.7. The summed E-state index contributed by atoms with van der Waals surface area (Å²) in [7, 11) is 0. The van der Waals surface area contributed by atoms with E-state index in [2.05, 4.69) is 5.32 Å². The molecule has 0 bridgehead atoms. The van der Waals surface area contributed by atoms with Gasteiger partial charge in [0.1, 0.15) is 73.2 Å². The summed E-state index contributed by atoms with van der Waals surface area (Å²) in [5.41, 5.74) is 0. The largest absolute Gasteiger partial charge is 0.394 e. The number of amides is 1. The monoisotopic (exact) mass is 731 g/mol. The van der Waals surface area contributed by atoms with Gasteiger partial charge in [0.25, 0.3) is 0 Å². The zero-order chi connectivity index (χ0) is 37.1. The highest BCUT2D eigenvalue weighted by Gasteiger charge is 2.53. The Balaban J connectivity index is 1.66. The molecule has 1 amide bonds. The lowest BCUT2D eigenvalue weighted by atomic mass is 9.96. The minimum absolute atomic E-state index is 0.239. The molecule has 3 fully saturated rings. The summed E-state index contributed by atoms with van der Waals surface area (Å²) < 4.78 is 33.5. The van der Waals surface area contributed by atoms with Gasteiger partial charge in [-0.05, 0) is 12.8 Å². The third-order valence-electron chi connectivity index (χ3n) is 9.18. The minimum atomic E-state index is -1.96. The first kappa shape index (κ1) is 43.2. The Morgan fingerprint density at radius 1 is 0.640 bits per heavy atom. The number of ether oxygens (including phenoxy) is 6. The molecule has 19 heteroatoms. The topological polar surface area (TPSA) is 307 Å². The van der Waals surface area contributed by atoms with E-state index in [1.165, 1.54) is 0 Å². The Kier molecular flexibility index (Phi) is 18.0. The van der Waals surface area contributed by atoms with Crippen molar-refractivity contribution in [2.45, 2.75) is 163 Å². The van der Waals surface area contributed by atoms with Crippen LogP contribution in [0.3, 0.4) is 0 Å². The molecule has 0 radical (unpaired) electrons. The van der Waals surface area contributed by atoms with Gasteiger partial charge in [0.05, 0.1) is 38.6 Å². The minimum Gasteiger partial charge on any atom is -0.394 e. The molecule has 3 aliphatic heterocycles. The van der Waals surface area contributed by atoms with Crippen LogP contribution in [0.25, 0.3) is 0 Å². The van der Waals surface area contributed by atoms with Crippen LogP contribution in [0.2, 0.25) is 0 Å². The summed E-state index contributed by atoms with van der Waals surface area (Å²) in [6.07, 6.45) is -21.8. The van der Waals surface area contributed by atoms with E-state index >= 15 is 0 Å². The smallest absolute Gasteiger partial charge is 0.220 e. The number of unbranched alkanes of at least 4 members (excludes halogenated alkanes) is 3. The standard InChI is InChI=1S/C31H57NO18/c1-3-5-7-8-15(36)14(32-19(37)9-6-4-2)13-45-29-25(43)22(40)27(17(11-34)47-29)50-31-26(44)23(41)28(18(12-35)48-31)49-30-24(42)21(39)20(38)16(10-33)46-30/h14-18,20-31,33-36,38-44H,3-13H2,1-2H3,(H,32,37). The van der Waals surface area contributed by atoms with Crippen LogP contribution in [0.5, 0.6) is 0 Å². The van der Waals surface area contributed by atoms with Crippen LogP contribution in [0.4, 0.5) is 0 Å². The third-order valence-corrected chi connectivity index (χ3v) is 9.18. The van der Waals surface area contributed by atoms with Gasteiger partial charge in [-0.25, -0.2) is 0 Å². The summed E-state index contributed by atoms with van der Waals surface area (Å²) >= 11 is 0. The molecule has 50 heavy (non-hydrogen) atoms. The van der Waals surface area contributed by atoms with Crippen LogP contribution < -0.4 is 5.32 Å². The lowest BCUT2D eigenvalue weighted by Crippen LogP contribution is -2.66. The number of hydrogen-bond acceptors (Lipinski definition) is 18. The van der Waals surface area contributed by atoms with Gasteiger partial charge in [0, 0.05) is 6.42 Å². The van der Waals surface area contributed by atoms with Crippen molar-refractivity contribution in [2.24, 2.45) is 0 Å². The molecule has 17 unspecified atom stereocenters. The van der Waals surface area contributed by atoms with Crippen LogP contribution in [0.15, 0.2) is 0 Å². The summed E-state index contributed by atoms with van der Waals surface area (Å²) in [5, 5.41) is 117. The van der Waals surface area contributed by atoms with Crippen molar-refractivity contribution in [3.05, 3.63) is 0 Å². The van der Waals surface area contributed by atoms with E-state index in [0.29, 0.717) is 19.3 Å². The lowest BCUT2D eigenvalue weighted by molar-refractivity contribution is -0.379. The van der Waals surface area contributed by atoms with Crippen molar-refractivity contribution in [1.82, 2.24) is 5.32 Å². The Morgan fingerprint density at radius 3 is 1.64 bits per heavy atom. The third kappa shape index (κ3) is 10.9. The van der Waals surface area contributed by atoms with Crippen molar-refractivity contribution in [3.8, 4) is 0 Å². The Morgan fingerprint density at radius 2 is 1.12 bits per heavy atom. The van der Waals surface area contributed by atoms with Crippen LogP contribution in [0.1, 0.15) is 58.8 Å². The van der Waals surface area contributed by atoms with E-state index in [9.17, 15) is 61.0 Å². The molecular formula is C31H57NO18. The number of aliphatic hydroxyl groups excluding tert-OH is 11. The zero-order valence-electron chi connectivity index (χ0n) is 28.4. The highest BCUT2D eigenvalue weighted by Crippen LogP contribution is 2.32. The van der Waals surface area contributed by atoms with Crippen LogP contribution in [-0.2, 0) is 33.2 Å². The summed E-state index contributed by atoms with van der Waals surface area (Å²) in [5.74, 6) is -0.294. The van der Waals surface area contributed by atoms with Crippen LogP contribution in [-0.4, -0.2) is 193 Å². The van der Waals surface area contributed by atoms with Gasteiger partial charge in [-0.15, -0.1) is 0 Å². The first-order chi connectivity index (χ1) is 23.8. The molecule has 3 aliphatic rings. The highest BCUT2D eigenvalue weighted by molar-refractivity contribution is 5.76. The number of aliphatic hydroxyl groups is 11. The fraction of sp³-hybridized carbons (Fsp3) is 0.968. The summed E-state index contributed by atoms with van der Waals surface area (Å²) in [6.45, 7) is 1.23. The second kappa shape index (κ2) is 20.9. The van der Waals surface area contributed by atoms with E-state index in [0.717, 1.165) is 19.3 Å². The van der Waals surface area contributed by atoms with Gasteiger partial charge in [0.15, 0.2) is 18.9 Å². The molecule has 19 nitrogen and oxygen atoms in total. The van der Waals surface area contributed by atoms with Gasteiger partial charge >= 0.3 is 0 Å². The second-order valence-electron chi connectivity index (χ2n) is 13.0. The molecule has 0 aromatic rings. The van der Waals surface area contributed by atoms with E-state index in [1.54, 1.807) is 0 Å². The van der Waals surface area contributed by atoms with Gasteiger partial charge in [-0.1, -0.05) is 39.5 Å². The van der Waals surface area contributed by atoms with Crippen molar-refractivity contribution in [2.75, 3.05) is 26.4 Å². The fourth-order valence-electron chi connectivity index (χ4n) is 6.05. The molecular weight excluding hydrogens is 674 g/mol. The average molecular weight is 732 g/mol. The SMILES string of the molecule is CCCCCC(O)C(COC1OC(CO)C(OC2OC(CO)C(OC3OC(CO)C(O)C(O)C3O)C(O)C2O)C(O)C1O)NC(=O)CCCC. The molecule has 0 aliphatic carbocycles. The van der Waals surface area contributed by atoms with E-state index in [4.69, 9.17) is 28.4 Å². The van der Waals surface area contributed by atoms with Crippen molar-refractivity contribution in [3.63, 3.8) is 0 Å². The van der Waals surface area contributed by atoms with Crippen molar-refractivity contribution >= 4 is 5.91 Å². The maximum Gasteiger partial charge on any atom is 0.220 e. The molecule has 3 heterocycles. The summed E-state index contributed by atoms with van der Waals surface area (Å²) in [4.78, 5) is 12.5. The van der Waals surface area contributed by atoms with Gasteiger partial charge in [-0.2, -0.15) is 0 Å². The molecule has 0 aromatic heterocycles. The van der Waals surface area contributed by atoms with Crippen LogP contribution in [0, 0.1) is 0 Å². The molecule has 0 spiro atoms. The molecule has 17 atom stereocenters. The predicted octanol–water partition coefficient (Wildman–Crippen LogP) is -4.93. The van der Waals surface area contributed by atoms with Gasteiger partial charge < -0.3 is 89.9 Å². The maximum atomic E-state index is 12.5. The first-order valence-electron chi connectivity index (χ1n) is 17.3. The molecule has 0 aromatic carbocycles. The number of rotatable bonds is 19. The number of hydrogen-bond donors (Lipinski definition) is 12. The van der Waals surface area contributed by atoms with E-state index < -0.39 is 124 Å². The molecule has 0 saturated carbocycles. The number of carbonyl (C=O) groups excluding carboxylic acids is 1. The number of carbonyl (C=O) groups is 1.